The zero-order chi connectivity index (χ0) is 9.90. The molecule has 0 spiro atoms. The van der Waals surface area contributed by atoms with Crippen molar-refractivity contribution in [3.05, 3.63) is 0 Å². The summed E-state index contributed by atoms with van der Waals surface area (Å²) in [4.78, 5) is 4.66. The maximum atomic E-state index is 11.1. The summed E-state index contributed by atoms with van der Waals surface area (Å²) in [5.41, 5.74) is 0. The molecule has 1 saturated heterocycles. The topological polar surface area (TPSA) is 52.6 Å². The number of sulfonamides is 1. The van der Waals surface area contributed by atoms with Crippen molar-refractivity contribution in [3.63, 3.8) is 0 Å². The molecule has 0 aromatic heterocycles. The average Bonchev–Trinajstić information content (AvgIpc) is 2.09. The highest BCUT2D eigenvalue weighted by atomic mass is 79.9. The lowest BCUT2D eigenvalue weighted by molar-refractivity contribution is 0.135. The van der Waals surface area contributed by atoms with Gasteiger partial charge in [0.15, 0.2) is 0 Å². The molecule has 0 atom stereocenters. The quantitative estimate of drug-likeness (QED) is 0.698. The van der Waals surface area contributed by atoms with Crippen molar-refractivity contribution in [1.29, 1.82) is 0 Å². The number of nitrogens with zero attached hydrogens (tertiary/aromatic N) is 2. The van der Waals surface area contributed by atoms with Gasteiger partial charge >= 0.3 is 0 Å². The van der Waals surface area contributed by atoms with Crippen LogP contribution in [0.3, 0.4) is 0 Å². The maximum Gasteiger partial charge on any atom is 0.234 e. The first kappa shape index (κ1) is 11.4. The van der Waals surface area contributed by atoms with Crippen LogP contribution in [0.1, 0.15) is 0 Å². The largest absolute Gasteiger partial charge is 0.304 e. The van der Waals surface area contributed by atoms with Crippen LogP contribution < -0.4 is 4.83 Å². The van der Waals surface area contributed by atoms with E-state index in [9.17, 15) is 8.42 Å². The van der Waals surface area contributed by atoms with Crippen LogP contribution in [0.2, 0.25) is 0 Å². The number of likely N-dealkylation sites (N-methyl/N-ethyl adjacent to an activating group) is 1. The van der Waals surface area contributed by atoms with Gasteiger partial charge in [-0.05, 0) is 7.05 Å². The van der Waals surface area contributed by atoms with Crippen LogP contribution in [-0.4, -0.2) is 56.2 Å². The van der Waals surface area contributed by atoms with Crippen LogP contribution in [0.15, 0.2) is 0 Å². The molecule has 1 aliphatic heterocycles. The number of alkyl halides is 1. The molecule has 1 fully saturated rings. The third-order valence-corrected chi connectivity index (χ3v) is 4.55. The minimum absolute atomic E-state index is 0.0493. The Bertz CT molecular complexity index is 249. The summed E-state index contributed by atoms with van der Waals surface area (Å²) < 4.78 is 22.2. The van der Waals surface area contributed by atoms with Crippen molar-refractivity contribution in [3.8, 4) is 0 Å². The molecule has 1 rings (SSSR count). The van der Waals surface area contributed by atoms with E-state index in [2.05, 4.69) is 25.7 Å². The fourth-order valence-corrected chi connectivity index (χ4v) is 2.05. The predicted octanol–water partition coefficient (Wildman–Crippen LogP) is -0.579. The van der Waals surface area contributed by atoms with E-state index in [1.165, 1.54) is 0 Å². The SMILES string of the molecule is CN1CCN(NS(=O)(=O)CBr)CC1. The lowest BCUT2D eigenvalue weighted by atomic mass is 10.4. The number of hydrogen-bond donors (Lipinski definition) is 1. The summed E-state index contributed by atoms with van der Waals surface area (Å²) in [7, 11) is -1.14. The van der Waals surface area contributed by atoms with Crippen LogP contribution >= 0.6 is 15.9 Å². The summed E-state index contributed by atoms with van der Waals surface area (Å²) in [6, 6.07) is 0. The smallest absolute Gasteiger partial charge is 0.234 e. The zero-order valence-corrected chi connectivity index (χ0v) is 9.94. The van der Waals surface area contributed by atoms with Gasteiger partial charge in [-0.1, -0.05) is 15.9 Å². The van der Waals surface area contributed by atoms with E-state index in [0.29, 0.717) is 0 Å². The average molecular weight is 272 g/mol. The Morgan fingerprint density at radius 2 is 1.85 bits per heavy atom. The lowest BCUT2D eigenvalue weighted by Crippen LogP contribution is -2.52. The molecule has 0 radical (unpaired) electrons. The first-order valence-electron chi connectivity index (χ1n) is 4.03. The molecule has 0 aromatic rings. The van der Waals surface area contributed by atoms with Crippen LogP contribution in [0.25, 0.3) is 0 Å². The number of hydrogen-bond acceptors (Lipinski definition) is 4. The molecule has 1 heterocycles. The second-order valence-corrected chi connectivity index (χ2v) is 6.11. The fourth-order valence-electron chi connectivity index (χ4n) is 1.12. The third kappa shape index (κ3) is 3.90. The highest BCUT2D eigenvalue weighted by Crippen LogP contribution is 1.99. The molecule has 5 nitrogen and oxygen atoms in total. The van der Waals surface area contributed by atoms with E-state index in [1.807, 2.05) is 7.05 Å². The van der Waals surface area contributed by atoms with Gasteiger partial charge in [0.25, 0.3) is 0 Å². The summed E-state index contributed by atoms with van der Waals surface area (Å²) in [6.07, 6.45) is 0. The minimum atomic E-state index is -3.16. The molecule has 0 aromatic carbocycles. The molecule has 1 N–H and O–H groups in total. The van der Waals surface area contributed by atoms with Gasteiger partial charge in [0.2, 0.25) is 10.0 Å². The Kier molecular flexibility index (Phi) is 4.11. The van der Waals surface area contributed by atoms with Crippen molar-refractivity contribution in [2.24, 2.45) is 0 Å². The van der Waals surface area contributed by atoms with Gasteiger partial charge in [0.05, 0.1) is 0 Å². The first-order chi connectivity index (χ1) is 6.03. The molecule has 0 unspecified atom stereocenters. The van der Waals surface area contributed by atoms with Crippen LogP contribution in [0, 0.1) is 0 Å². The van der Waals surface area contributed by atoms with E-state index in [0.717, 1.165) is 26.2 Å². The van der Waals surface area contributed by atoms with Crippen molar-refractivity contribution in [2.45, 2.75) is 0 Å². The molecular weight excluding hydrogens is 258 g/mol. The van der Waals surface area contributed by atoms with E-state index in [-0.39, 0.29) is 4.66 Å². The van der Waals surface area contributed by atoms with Crippen molar-refractivity contribution in [1.82, 2.24) is 14.7 Å². The molecule has 0 saturated carbocycles. The van der Waals surface area contributed by atoms with Crippen molar-refractivity contribution >= 4 is 26.0 Å². The number of rotatable bonds is 3. The lowest BCUT2D eigenvalue weighted by Gasteiger charge is -2.31. The first-order valence-corrected chi connectivity index (χ1v) is 6.80. The monoisotopic (exact) mass is 271 g/mol. The number of nitrogens with one attached hydrogen (secondary N) is 1. The summed E-state index contributed by atoms with van der Waals surface area (Å²) in [6.45, 7) is 3.26. The number of halogens is 1. The summed E-state index contributed by atoms with van der Waals surface area (Å²) >= 11 is 2.92. The molecule has 0 bridgehead atoms. The van der Waals surface area contributed by atoms with Gasteiger partial charge in [0.1, 0.15) is 4.66 Å². The number of piperazine rings is 1. The molecule has 13 heavy (non-hydrogen) atoms. The van der Waals surface area contributed by atoms with E-state index in [1.54, 1.807) is 5.01 Å². The second-order valence-electron chi connectivity index (χ2n) is 3.11. The minimum Gasteiger partial charge on any atom is -0.304 e. The Balaban J connectivity index is 2.39. The highest BCUT2D eigenvalue weighted by molar-refractivity contribution is 9.10. The standard InChI is InChI=1S/C6H14BrN3O2S/c1-9-2-4-10(5-3-9)8-13(11,12)6-7/h8H,2-6H2,1H3. The van der Waals surface area contributed by atoms with Gasteiger partial charge in [-0.25, -0.2) is 13.4 Å². The normalized spacial score (nSPS) is 22.0. The summed E-state index contributed by atoms with van der Waals surface area (Å²) in [5.74, 6) is 0. The molecule has 1 aliphatic rings. The van der Waals surface area contributed by atoms with Crippen LogP contribution in [-0.2, 0) is 10.0 Å². The second kappa shape index (κ2) is 4.70. The highest BCUT2D eigenvalue weighted by Gasteiger charge is 2.18. The Morgan fingerprint density at radius 1 is 1.31 bits per heavy atom. The molecule has 78 valence electrons. The van der Waals surface area contributed by atoms with Crippen molar-refractivity contribution in [2.75, 3.05) is 37.9 Å². The number of hydrazine groups is 1. The van der Waals surface area contributed by atoms with E-state index in [4.69, 9.17) is 0 Å². The Labute approximate surface area is 87.2 Å². The Hall–Kier alpha value is 0.310. The molecule has 0 amide bonds. The third-order valence-electron chi connectivity index (χ3n) is 1.92. The molecular formula is C6H14BrN3O2S. The van der Waals surface area contributed by atoms with Crippen LogP contribution in [0.4, 0.5) is 0 Å². The van der Waals surface area contributed by atoms with Crippen LogP contribution in [0.5, 0.6) is 0 Å². The Morgan fingerprint density at radius 3 is 2.31 bits per heavy atom. The fraction of sp³-hybridized carbons (Fsp3) is 1.00. The van der Waals surface area contributed by atoms with Gasteiger partial charge in [0, 0.05) is 26.2 Å². The van der Waals surface area contributed by atoms with E-state index < -0.39 is 10.0 Å². The zero-order valence-electron chi connectivity index (χ0n) is 7.53. The van der Waals surface area contributed by atoms with Gasteiger partial charge in [-0.15, -0.1) is 4.83 Å². The molecule has 7 heteroatoms. The molecule has 0 aliphatic carbocycles. The van der Waals surface area contributed by atoms with E-state index >= 15 is 0 Å². The predicted molar refractivity (Wildman–Crippen MR) is 54.9 cm³/mol. The summed E-state index contributed by atoms with van der Waals surface area (Å²) in [5, 5.41) is 1.73. The van der Waals surface area contributed by atoms with Gasteiger partial charge in [-0.3, -0.25) is 0 Å². The van der Waals surface area contributed by atoms with Gasteiger partial charge in [-0.2, -0.15) is 0 Å². The van der Waals surface area contributed by atoms with Gasteiger partial charge < -0.3 is 4.90 Å². The van der Waals surface area contributed by atoms with Crippen molar-refractivity contribution < 1.29 is 8.42 Å². The maximum absolute atomic E-state index is 11.1.